The van der Waals surface area contributed by atoms with Gasteiger partial charge in [0, 0.05) is 12.1 Å². The maximum absolute atomic E-state index is 12.6. The van der Waals surface area contributed by atoms with Crippen molar-refractivity contribution in [3.63, 3.8) is 0 Å². The van der Waals surface area contributed by atoms with Gasteiger partial charge in [0.15, 0.2) is 0 Å². The second-order valence-corrected chi connectivity index (χ2v) is 8.02. The van der Waals surface area contributed by atoms with Gasteiger partial charge in [0.05, 0.1) is 25.0 Å². The fourth-order valence-corrected chi connectivity index (χ4v) is 3.68. The molecule has 1 N–H and O–H groups in total. The van der Waals surface area contributed by atoms with Crippen LogP contribution in [0.15, 0.2) is 29.3 Å². The van der Waals surface area contributed by atoms with Crippen LogP contribution in [0.4, 0.5) is 0 Å². The summed E-state index contributed by atoms with van der Waals surface area (Å²) >= 11 is 5.97. The number of rotatable bonds is 8. The number of halogens is 1. The summed E-state index contributed by atoms with van der Waals surface area (Å²) in [4.78, 5) is 0.0425. The molecule has 3 rings (SSSR count). The van der Waals surface area contributed by atoms with Crippen molar-refractivity contribution in [1.29, 1.82) is 0 Å². The normalized spacial score (nSPS) is 14.8. The quantitative estimate of drug-likeness (QED) is 0.769. The largest absolute Gasteiger partial charge is 0.492 e. The van der Waals surface area contributed by atoms with Gasteiger partial charge >= 0.3 is 0 Å². The van der Waals surface area contributed by atoms with Crippen molar-refractivity contribution in [2.45, 2.75) is 30.7 Å². The fourth-order valence-electron chi connectivity index (χ4n) is 2.27. The van der Waals surface area contributed by atoms with Crippen molar-refractivity contribution in [3.05, 3.63) is 35.1 Å². The monoisotopic (exact) mass is 370 g/mol. The van der Waals surface area contributed by atoms with Gasteiger partial charge in [-0.2, -0.15) is 0 Å². The van der Waals surface area contributed by atoms with Crippen LogP contribution < -0.4 is 9.46 Å². The third kappa shape index (κ3) is 4.25. The van der Waals surface area contributed by atoms with Crippen molar-refractivity contribution in [2.75, 3.05) is 6.61 Å². The summed E-state index contributed by atoms with van der Waals surface area (Å²) in [6, 6.07) is 4.62. The molecular weight excluding hydrogens is 352 g/mol. The van der Waals surface area contributed by atoms with Crippen LogP contribution in [0, 0.1) is 5.92 Å². The molecule has 0 radical (unpaired) electrons. The van der Waals surface area contributed by atoms with E-state index in [0.717, 1.165) is 6.42 Å². The molecule has 0 spiro atoms. The Balaban J connectivity index is 1.74. The highest BCUT2D eigenvalue weighted by Gasteiger charge is 2.23. The molecule has 1 aliphatic carbocycles. The number of nitrogens with one attached hydrogen (secondary N) is 1. The van der Waals surface area contributed by atoms with Crippen LogP contribution in [0.3, 0.4) is 0 Å². The summed E-state index contributed by atoms with van der Waals surface area (Å²) in [6.07, 6.45) is 4.91. The molecule has 1 fully saturated rings. The Kier molecular flexibility index (Phi) is 5.07. The van der Waals surface area contributed by atoms with E-state index in [1.807, 2.05) is 0 Å². The number of hydrogen-bond acceptors (Lipinski definition) is 5. The zero-order valence-corrected chi connectivity index (χ0v) is 14.8. The van der Waals surface area contributed by atoms with Crippen LogP contribution >= 0.6 is 11.6 Å². The van der Waals surface area contributed by atoms with Crippen molar-refractivity contribution in [1.82, 2.24) is 19.7 Å². The highest BCUT2D eigenvalue weighted by Crippen LogP contribution is 2.33. The lowest BCUT2D eigenvalue weighted by Gasteiger charge is -2.13. The Hall–Kier alpha value is -1.64. The second-order valence-electron chi connectivity index (χ2n) is 5.85. The molecule has 9 heteroatoms. The number of sulfonamides is 1. The molecule has 0 atom stereocenters. The molecule has 1 aromatic carbocycles. The van der Waals surface area contributed by atoms with E-state index in [1.165, 1.54) is 29.8 Å². The van der Waals surface area contributed by atoms with Crippen molar-refractivity contribution < 1.29 is 13.2 Å². The van der Waals surface area contributed by atoms with Gasteiger partial charge in [-0.05, 0) is 30.5 Å². The van der Waals surface area contributed by atoms with Crippen LogP contribution in [-0.2, 0) is 23.6 Å². The average Bonchev–Trinajstić information content (AvgIpc) is 3.27. The van der Waals surface area contributed by atoms with Gasteiger partial charge in [-0.1, -0.05) is 29.7 Å². The van der Waals surface area contributed by atoms with E-state index in [1.54, 1.807) is 19.2 Å². The van der Waals surface area contributed by atoms with E-state index in [-0.39, 0.29) is 11.4 Å². The van der Waals surface area contributed by atoms with Gasteiger partial charge in [-0.25, -0.2) is 13.1 Å². The third-order valence-electron chi connectivity index (χ3n) is 3.93. The van der Waals surface area contributed by atoms with E-state index in [4.69, 9.17) is 16.3 Å². The Morgan fingerprint density at radius 2 is 2.21 bits per heavy atom. The third-order valence-corrected chi connectivity index (χ3v) is 5.58. The molecule has 0 unspecified atom stereocenters. The molecule has 0 saturated heterocycles. The molecular formula is C15H19ClN4O3S. The fraction of sp³-hybridized carbons (Fsp3) is 0.467. The Bertz CT molecular complexity index is 818. The summed E-state index contributed by atoms with van der Waals surface area (Å²) in [5.74, 6) is 1.03. The molecule has 130 valence electrons. The number of hydrogen-bond donors (Lipinski definition) is 1. The van der Waals surface area contributed by atoms with Gasteiger partial charge in [0.25, 0.3) is 0 Å². The highest BCUT2D eigenvalue weighted by molar-refractivity contribution is 7.89. The SMILES string of the molecule is Cn1nncc1CNS(=O)(=O)c1cc(Cl)ccc1OCCC1CC1. The number of aryl methyl sites for hydroxylation is 1. The first kappa shape index (κ1) is 17.2. The Morgan fingerprint density at radius 3 is 2.88 bits per heavy atom. The lowest BCUT2D eigenvalue weighted by molar-refractivity contribution is 0.295. The first-order chi connectivity index (χ1) is 11.5. The summed E-state index contributed by atoms with van der Waals surface area (Å²) < 4.78 is 35.0. The molecule has 7 nitrogen and oxygen atoms in total. The zero-order chi connectivity index (χ0) is 17.2. The molecule has 1 heterocycles. The van der Waals surface area contributed by atoms with Crippen LogP contribution in [0.25, 0.3) is 0 Å². The van der Waals surface area contributed by atoms with Crippen molar-refractivity contribution in [3.8, 4) is 5.75 Å². The predicted molar refractivity (Wildman–Crippen MR) is 89.3 cm³/mol. The molecule has 0 amide bonds. The number of aromatic nitrogens is 3. The maximum atomic E-state index is 12.6. The number of nitrogens with zero attached hydrogens (tertiary/aromatic N) is 3. The van der Waals surface area contributed by atoms with Crippen LogP contribution in [0.1, 0.15) is 25.0 Å². The predicted octanol–water partition coefficient (Wildman–Crippen LogP) is 2.13. The van der Waals surface area contributed by atoms with Gasteiger partial charge in [0.2, 0.25) is 10.0 Å². The van der Waals surface area contributed by atoms with E-state index in [0.29, 0.717) is 29.0 Å². The first-order valence-corrected chi connectivity index (χ1v) is 9.57. The van der Waals surface area contributed by atoms with E-state index in [2.05, 4.69) is 15.0 Å². The van der Waals surface area contributed by atoms with E-state index in [9.17, 15) is 8.42 Å². The van der Waals surface area contributed by atoms with Gasteiger partial charge in [-0.15, -0.1) is 5.10 Å². The van der Waals surface area contributed by atoms with Crippen LogP contribution in [0.5, 0.6) is 5.75 Å². The molecule has 2 aromatic rings. The number of benzene rings is 1. The maximum Gasteiger partial charge on any atom is 0.244 e. The minimum atomic E-state index is -3.77. The minimum Gasteiger partial charge on any atom is -0.492 e. The summed E-state index contributed by atoms with van der Waals surface area (Å²) in [5, 5.41) is 7.83. The van der Waals surface area contributed by atoms with Crippen molar-refractivity contribution >= 4 is 21.6 Å². The highest BCUT2D eigenvalue weighted by atomic mass is 35.5. The van der Waals surface area contributed by atoms with Crippen LogP contribution in [0.2, 0.25) is 5.02 Å². The van der Waals surface area contributed by atoms with Gasteiger partial charge < -0.3 is 4.74 Å². The Labute approximate surface area is 146 Å². The lowest BCUT2D eigenvalue weighted by Crippen LogP contribution is -2.25. The van der Waals surface area contributed by atoms with E-state index >= 15 is 0 Å². The van der Waals surface area contributed by atoms with Crippen molar-refractivity contribution in [2.24, 2.45) is 13.0 Å². The Morgan fingerprint density at radius 1 is 1.42 bits per heavy atom. The second kappa shape index (κ2) is 7.08. The lowest BCUT2D eigenvalue weighted by atomic mass is 10.3. The van der Waals surface area contributed by atoms with E-state index < -0.39 is 10.0 Å². The molecule has 24 heavy (non-hydrogen) atoms. The average molecular weight is 371 g/mol. The summed E-state index contributed by atoms with van der Waals surface area (Å²) in [6.45, 7) is 0.584. The molecule has 0 bridgehead atoms. The molecule has 1 saturated carbocycles. The molecule has 1 aliphatic rings. The first-order valence-electron chi connectivity index (χ1n) is 7.71. The molecule has 1 aromatic heterocycles. The zero-order valence-electron chi connectivity index (χ0n) is 13.3. The van der Waals surface area contributed by atoms with Crippen LogP contribution in [-0.4, -0.2) is 30.0 Å². The molecule has 0 aliphatic heterocycles. The standard InChI is InChI=1S/C15H19ClN4O3S/c1-20-13(9-17-19-20)10-18-24(21,22)15-8-12(16)4-5-14(15)23-7-6-11-2-3-11/h4-5,8-9,11,18H,2-3,6-7,10H2,1H3. The number of ether oxygens (including phenoxy) is 1. The summed E-state index contributed by atoms with van der Waals surface area (Å²) in [7, 11) is -2.07. The van der Waals surface area contributed by atoms with Gasteiger partial charge in [-0.3, -0.25) is 4.68 Å². The summed E-state index contributed by atoms with van der Waals surface area (Å²) in [5.41, 5.74) is 0.650. The smallest absolute Gasteiger partial charge is 0.244 e. The van der Waals surface area contributed by atoms with Gasteiger partial charge in [0.1, 0.15) is 10.6 Å². The topological polar surface area (TPSA) is 86.1 Å². The minimum absolute atomic E-state index is 0.0425.